The number of nitro groups is 1. The molecule has 3 aromatic rings. The normalized spacial score (nSPS) is 17.7. The Morgan fingerprint density at radius 3 is 2.29 bits per heavy atom. The summed E-state index contributed by atoms with van der Waals surface area (Å²) < 4.78 is 0.704. The summed E-state index contributed by atoms with van der Waals surface area (Å²) in [5.41, 5.74) is 0.522. The SMILES string of the molecule is O=C1C(=O)N(c2ccc(Br)cn2)C(c2ccccc2)/C1=C(\O)c1ccc([N+](=O)[O-])cc1. The molecule has 0 spiro atoms. The van der Waals surface area contributed by atoms with E-state index in [0.717, 1.165) is 0 Å². The lowest BCUT2D eigenvalue weighted by molar-refractivity contribution is -0.384. The molecule has 0 radical (unpaired) electrons. The van der Waals surface area contributed by atoms with Crippen molar-refractivity contribution >= 4 is 44.9 Å². The second-order valence-electron chi connectivity index (χ2n) is 6.72. The smallest absolute Gasteiger partial charge is 0.301 e. The number of hydrogen-bond donors (Lipinski definition) is 1. The molecule has 1 fully saturated rings. The Labute approximate surface area is 184 Å². The molecule has 9 heteroatoms. The van der Waals surface area contributed by atoms with Crippen LogP contribution in [0, 0.1) is 10.1 Å². The van der Waals surface area contributed by atoms with Crippen LogP contribution in [0.25, 0.3) is 5.76 Å². The molecule has 1 N–H and O–H groups in total. The molecule has 2 heterocycles. The molecule has 31 heavy (non-hydrogen) atoms. The molecule has 0 aliphatic carbocycles. The van der Waals surface area contributed by atoms with Gasteiger partial charge in [0.15, 0.2) is 0 Å². The minimum Gasteiger partial charge on any atom is -0.507 e. The van der Waals surface area contributed by atoms with Gasteiger partial charge in [0.2, 0.25) is 0 Å². The molecule has 1 aliphatic heterocycles. The number of aliphatic hydroxyl groups excluding tert-OH is 1. The van der Waals surface area contributed by atoms with Crippen LogP contribution in [-0.4, -0.2) is 26.7 Å². The van der Waals surface area contributed by atoms with Crippen LogP contribution in [0.1, 0.15) is 17.2 Å². The first-order valence-electron chi connectivity index (χ1n) is 9.11. The summed E-state index contributed by atoms with van der Waals surface area (Å²) in [6.07, 6.45) is 1.51. The van der Waals surface area contributed by atoms with Crippen molar-refractivity contribution in [1.82, 2.24) is 4.98 Å². The molecule has 1 aliphatic rings. The predicted octanol–water partition coefficient (Wildman–Crippen LogP) is 4.38. The number of Topliss-reactive ketones (excluding diaryl/α,β-unsaturated/α-hetero) is 1. The summed E-state index contributed by atoms with van der Waals surface area (Å²) in [4.78, 5) is 41.8. The van der Waals surface area contributed by atoms with Gasteiger partial charge in [-0.15, -0.1) is 0 Å². The van der Waals surface area contributed by atoms with Crippen LogP contribution in [0.4, 0.5) is 11.5 Å². The number of amides is 1. The van der Waals surface area contributed by atoms with Gasteiger partial charge < -0.3 is 5.11 Å². The van der Waals surface area contributed by atoms with Gasteiger partial charge in [-0.25, -0.2) is 4.98 Å². The monoisotopic (exact) mass is 479 g/mol. The van der Waals surface area contributed by atoms with Crippen LogP contribution >= 0.6 is 15.9 Å². The molecular formula is C22H14BrN3O5. The van der Waals surface area contributed by atoms with Crippen LogP contribution in [0.3, 0.4) is 0 Å². The zero-order valence-electron chi connectivity index (χ0n) is 15.8. The van der Waals surface area contributed by atoms with Crippen LogP contribution in [0.15, 0.2) is 83.0 Å². The van der Waals surface area contributed by atoms with Gasteiger partial charge in [0.1, 0.15) is 11.6 Å². The number of ketones is 1. The van der Waals surface area contributed by atoms with E-state index in [9.17, 15) is 24.8 Å². The fraction of sp³-hybridized carbons (Fsp3) is 0.0455. The minimum atomic E-state index is -0.912. The van der Waals surface area contributed by atoms with Gasteiger partial charge in [-0.1, -0.05) is 30.3 Å². The highest BCUT2D eigenvalue weighted by Crippen LogP contribution is 2.41. The Bertz CT molecular complexity index is 1210. The fourth-order valence-corrected chi connectivity index (χ4v) is 3.66. The van der Waals surface area contributed by atoms with Crippen molar-refractivity contribution in [2.24, 2.45) is 0 Å². The van der Waals surface area contributed by atoms with Gasteiger partial charge in [0.25, 0.3) is 11.5 Å². The molecule has 4 rings (SSSR count). The first-order chi connectivity index (χ1) is 14.9. The van der Waals surface area contributed by atoms with Gasteiger partial charge in [0.05, 0.1) is 16.5 Å². The van der Waals surface area contributed by atoms with E-state index >= 15 is 0 Å². The van der Waals surface area contributed by atoms with E-state index in [1.165, 1.54) is 35.4 Å². The largest absolute Gasteiger partial charge is 0.507 e. The maximum Gasteiger partial charge on any atom is 0.301 e. The summed E-state index contributed by atoms with van der Waals surface area (Å²) >= 11 is 3.29. The van der Waals surface area contributed by atoms with E-state index in [2.05, 4.69) is 20.9 Å². The molecular weight excluding hydrogens is 466 g/mol. The lowest BCUT2D eigenvalue weighted by Gasteiger charge is -2.24. The third-order valence-electron chi connectivity index (χ3n) is 4.87. The quantitative estimate of drug-likeness (QED) is 0.195. The molecule has 1 unspecified atom stereocenters. The highest BCUT2D eigenvalue weighted by Gasteiger charge is 2.47. The summed E-state index contributed by atoms with van der Waals surface area (Å²) in [6, 6.07) is 16.3. The summed E-state index contributed by atoms with van der Waals surface area (Å²) in [7, 11) is 0. The third-order valence-corrected chi connectivity index (χ3v) is 5.34. The predicted molar refractivity (Wildman–Crippen MR) is 116 cm³/mol. The second kappa shape index (κ2) is 8.11. The maximum atomic E-state index is 13.0. The van der Waals surface area contributed by atoms with Crippen LogP contribution in [0.2, 0.25) is 0 Å². The highest BCUT2D eigenvalue weighted by molar-refractivity contribution is 9.10. The topological polar surface area (TPSA) is 114 Å². The summed E-state index contributed by atoms with van der Waals surface area (Å²) in [5.74, 6) is -1.86. The Morgan fingerprint density at radius 2 is 1.71 bits per heavy atom. The summed E-state index contributed by atoms with van der Waals surface area (Å²) in [6.45, 7) is 0. The van der Waals surface area contributed by atoms with Gasteiger partial charge in [0, 0.05) is 28.4 Å². The molecule has 154 valence electrons. The molecule has 8 nitrogen and oxygen atoms in total. The van der Waals surface area contributed by atoms with E-state index in [-0.39, 0.29) is 22.6 Å². The molecule has 1 saturated heterocycles. The van der Waals surface area contributed by atoms with E-state index in [0.29, 0.717) is 10.0 Å². The molecule has 2 aromatic carbocycles. The molecule has 0 saturated carbocycles. The van der Waals surface area contributed by atoms with Crippen LogP contribution < -0.4 is 4.90 Å². The van der Waals surface area contributed by atoms with E-state index in [4.69, 9.17) is 0 Å². The number of carbonyl (C=O) groups excluding carboxylic acids is 2. The number of hydrogen-bond acceptors (Lipinski definition) is 6. The number of halogens is 1. The fourth-order valence-electron chi connectivity index (χ4n) is 3.43. The number of pyridine rings is 1. The van der Waals surface area contributed by atoms with Gasteiger partial charge in [-0.2, -0.15) is 0 Å². The standard InChI is InChI=1S/C22H14BrN3O5/c23-15-8-11-17(24-12-15)25-19(13-4-2-1-3-5-13)18(21(28)22(25)29)20(27)14-6-9-16(10-7-14)26(30)31/h1-12,19,27H/b20-18+. The Morgan fingerprint density at radius 1 is 1.03 bits per heavy atom. The zero-order chi connectivity index (χ0) is 22.1. The number of rotatable bonds is 4. The molecule has 1 atom stereocenters. The van der Waals surface area contributed by atoms with Crippen molar-refractivity contribution in [2.45, 2.75) is 6.04 Å². The van der Waals surface area contributed by atoms with Crippen molar-refractivity contribution in [3.8, 4) is 0 Å². The number of anilines is 1. The maximum absolute atomic E-state index is 13.0. The Hall–Kier alpha value is -3.85. The number of benzene rings is 2. The molecule has 1 amide bonds. The van der Waals surface area contributed by atoms with Gasteiger partial charge >= 0.3 is 5.91 Å². The Balaban J connectivity index is 1.90. The zero-order valence-corrected chi connectivity index (χ0v) is 17.4. The number of non-ortho nitro benzene ring substituents is 1. The minimum absolute atomic E-state index is 0.116. The van der Waals surface area contributed by atoms with Crippen molar-refractivity contribution in [3.63, 3.8) is 0 Å². The van der Waals surface area contributed by atoms with Crippen molar-refractivity contribution in [3.05, 3.63) is 104 Å². The van der Waals surface area contributed by atoms with Crippen LogP contribution in [-0.2, 0) is 9.59 Å². The Kier molecular flexibility index (Phi) is 5.35. The van der Waals surface area contributed by atoms with E-state index in [1.54, 1.807) is 42.5 Å². The lowest BCUT2D eigenvalue weighted by atomic mass is 9.95. The lowest BCUT2D eigenvalue weighted by Crippen LogP contribution is -2.30. The van der Waals surface area contributed by atoms with Gasteiger partial charge in [-0.05, 0) is 45.8 Å². The average Bonchev–Trinajstić information content (AvgIpc) is 3.05. The number of aliphatic hydroxyl groups is 1. The van der Waals surface area contributed by atoms with E-state index < -0.39 is 28.4 Å². The van der Waals surface area contributed by atoms with E-state index in [1.807, 2.05) is 0 Å². The molecule has 1 aromatic heterocycles. The van der Waals surface area contributed by atoms with Crippen molar-refractivity contribution in [1.29, 1.82) is 0 Å². The number of nitrogens with zero attached hydrogens (tertiary/aromatic N) is 3. The highest BCUT2D eigenvalue weighted by atomic mass is 79.9. The number of carbonyl (C=O) groups is 2. The number of nitro benzene ring substituents is 1. The third kappa shape index (κ3) is 3.71. The summed E-state index contributed by atoms with van der Waals surface area (Å²) in [5, 5.41) is 21.9. The van der Waals surface area contributed by atoms with Crippen LogP contribution in [0.5, 0.6) is 0 Å². The first kappa shape index (κ1) is 20.4. The van der Waals surface area contributed by atoms with Crippen molar-refractivity contribution < 1.29 is 19.6 Å². The average molecular weight is 480 g/mol. The first-order valence-corrected chi connectivity index (χ1v) is 9.90. The number of aromatic nitrogens is 1. The van der Waals surface area contributed by atoms with Crippen molar-refractivity contribution in [2.75, 3.05) is 4.90 Å². The molecule has 0 bridgehead atoms. The van der Waals surface area contributed by atoms with Gasteiger partial charge in [-0.3, -0.25) is 24.6 Å². The second-order valence-corrected chi connectivity index (χ2v) is 7.63.